The average molecular weight is 724 g/mol. The van der Waals surface area contributed by atoms with Crippen molar-refractivity contribution < 1.29 is 9.53 Å². The first kappa shape index (κ1) is 28.3. The van der Waals surface area contributed by atoms with E-state index in [2.05, 4.69) is 31.9 Å². The normalized spacial score (nSPS) is 15.4. The molecule has 4 aromatic rings. The Morgan fingerprint density at radius 3 is 2.13 bits per heavy atom. The molecular weight excluding hydrogens is 707 g/mol. The first-order chi connectivity index (χ1) is 18.8. The van der Waals surface area contributed by atoms with Crippen LogP contribution in [0.25, 0.3) is 6.08 Å². The standard InChI is InChI=1S/C29H17Br2Cl3N2O2S/c30-23-13-17(14-24(31)27(23)38-16-18-3-1-2-4-25(18)34)15-26-28(37)36(22-11-7-20(33)8-12-22)29(39-26)35-21-9-5-19(32)6-10-21/h1-15H,16H2/b26-15-,35-29?. The molecule has 0 bridgehead atoms. The van der Waals surface area contributed by atoms with Crippen molar-refractivity contribution in [2.24, 2.45) is 4.99 Å². The zero-order valence-electron chi connectivity index (χ0n) is 19.9. The predicted octanol–water partition coefficient (Wildman–Crippen LogP) is 10.6. The molecule has 39 heavy (non-hydrogen) atoms. The van der Waals surface area contributed by atoms with Crippen molar-refractivity contribution >= 4 is 107 Å². The fraction of sp³-hybridized carbons (Fsp3) is 0.0345. The van der Waals surface area contributed by atoms with E-state index in [1.54, 1.807) is 53.4 Å². The van der Waals surface area contributed by atoms with Gasteiger partial charge in [0.05, 0.1) is 25.2 Å². The molecule has 196 valence electrons. The molecule has 1 fully saturated rings. The fourth-order valence-electron chi connectivity index (χ4n) is 3.71. The molecule has 10 heteroatoms. The Morgan fingerprint density at radius 1 is 0.872 bits per heavy atom. The molecule has 1 heterocycles. The Labute approximate surface area is 261 Å². The quantitative estimate of drug-likeness (QED) is 0.186. The number of nitrogens with zero attached hydrogens (tertiary/aromatic N) is 2. The average Bonchev–Trinajstić information content (AvgIpc) is 3.20. The van der Waals surface area contributed by atoms with Crippen LogP contribution in [0.1, 0.15) is 11.1 Å². The summed E-state index contributed by atoms with van der Waals surface area (Å²) in [5.74, 6) is 0.441. The van der Waals surface area contributed by atoms with E-state index in [4.69, 9.17) is 44.5 Å². The number of halogens is 5. The van der Waals surface area contributed by atoms with Gasteiger partial charge in [0, 0.05) is 20.6 Å². The summed E-state index contributed by atoms with van der Waals surface area (Å²) < 4.78 is 7.50. The summed E-state index contributed by atoms with van der Waals surface area (Å²) in [7, 11) is 0. The monoisotopic (exact) mass is 720 g/mol. The Balaban J connectivity index is 1.45. The van der Waals surface area contributed by atoms with Crippen molar-refractivity contribution in [3.05, 3.63) is 125 Å². The van der Waals surface area contributed by atoms with Gasteiger partial charge in [-0.1, -0.05) is 53.0 Å². The molecule has 0 saturated carbocycles. The van der Waals surface area contributed by atoms with Gasteiger partial charge in [0.1, 0.15) is 12.4 Å². The van der Waals surface area contributed by atoms with Crippen LogP contribution < -0.4 is 9.64 Å². The van der Waals surface area contributed by atoms with Gasteiger partial charge in [-0.3, -0.25) is 9.69 Å². The van der Waals surface area contributed by atoms with Crippen LogP contribution in [0.5, 0.6) is 5.75 Å². The number of anilines is 1. The third-order valence-electron chi connectivity index (χ3n) is 5.59. The summed E-state index contributed by atoms with van der Waals surface area (Å²) in [6, 6.07) is 25.5. The lowest BCUT2D eigenvalue weighted by molar-refractivity contribution is -0.113. The number of carbonyl (C=O) groups excluding carboxylic acids is 1. The van der Waals surface area contributed by atoms with Gasteiger partial charge in [-0.25, -0.2) is 4.99 Å². The van der Waals surface area contributed by atoms with E-state index in [9.17, 15) is 4.79 Å². The highest BCUT2D eigenvalue weighted by Gasteiger charge is 2.35. The molecule has 5 rings (SSSR count). The highest BCUT2D eigenvalue weighted by molar-refractivity contribution is 9.11. The number of ether oxygens (including phenoxy) is 1. The number of amidine groups is 1. The number of benzene rings is 4. The smallest absolute Gasteiger partial charge is 0.271 e. The molecule has 0 aromatic heterocycles. The van der Waals surface area contributed by atoms with Crippen molar-refractivity contribution in [1.82, 2.24) is 0 Å². The molecule has 1 aliphatic heterocycles. The Hall–Kier alpha value is -2.26. The number of hydrogen-bond donors (Lipinski definition) is 0. The fourth-order valence-corrected chi connectivity index (χ4v) is 6.60. The van der Waals surface area contributed by atoms with Crippen LogP contribution in [0.2, 0.25) is 15.1 Å². The maximum atomic E-state index is 13.6. The number of carbonyl (C=O) groups is 1. The molecule has 0 aliphatic carbocycles. The van der Waals surface area contributed by atoms with Crippen molar-refractivity contribution in [3.8, 4) is 5.75 Å². The topological polar surface area (TPSA) is 41.9 Å². The maximum absolute atomic E-state index is 13.6. The summed E-state index contributed by atoms with van der Waals surface area (Å²) in [5.41, 5.74) is 3.03. The minimum Gasteiger partial charge on any atom is -0.486 e. The maximum Gasteiger partial charge on any atom is 0.271 e. The number of amides is 1. The lowest BCUT2D eigenvalue weighted by atomic mass is 10.2. The second-order valence-corrected chi connectivity index (χ2v) is 12.3. The second-order valence-electron chi connectivity index (χ2n) is 8.29. The molecule has 0 spiro atoms. The van der Waals surface area contributed by atoms with Gasteiger partial charge in [0.2, 0.25) is 0 Å². The molecule has 4 aromatic carbocycles. The molecule has 0 unspecified atom stereocenters. The zero-order valence-corrected chi connectivity index (χ0v) is 26.1. The van der Waals surface area contributed by atoms with Gasteiger partial charge >= 0.3 is 0 Å². The third kappa shape index (κ3) is 6.73. The number of thioether (sulfide) groups is 1. The van der Waals surface area contributed by atoms with Crippen molar-refractivity contribution in [1.29, 1.82) is 0 Å². The minimum atomic E-state index is -0.193. The van der Waals surface area contributed by atoms with Crippen molar-refractivity contribution in [3.63, 3.8) is 0 Å². The van der Waals surface area contributed by atoms with Gasteiger partial charge in [0.15, 0.2) is 5.17 Å². The second kappa shape index (κ2) is 12.5. The number of rotatable bonds is 6. The Morgan fingerprint density at radius 2 is 1.49 bits per heavy atom. The number of hydrogen-bond acceptors (Lipinski definition) is 4. The van der Waals surface area contributed by atoms with Crippen LogP contribution in [0.3, 0.4) is 0 Å². The van der Waals surface area contributed by atoms with Crippen LogP contribution in [0, 0.1) is 0 Å². The summed E-state index contributed by atoms with van der Waals surface area (Å²) in [6.45, 7) is 0.312. The molecule has 0 atom stereocenters. The Bertz CT molecular complexity index is 1590. The van der Waals surface area contributed by atoms with Gasteiger partial charge in [-0.05, 0) is 122 Å². The summed E-state index contributed by atoms with van der Waals surface area (Å²) in [6.07, 6.45) is 1.83. The largest absolute Gasteiger partial charge is 0.486 e. The molecule has 1 amide bonds. The van der Waals surface area contributed by atoms with Gasteiger partial charge in [-0.15, -0.1) is 0 Å². The molecular formula is C29H17Br2Cl3N2O2S. The number of aliphatic imine (C=N–C) groups is 1. The van der Waals surface area contributed by atoms with E-state index in [1.807, 2.05) is 42.5 Å². The molecule has 0 radical (unpaired) electrons. The van der Waals surface area contributed by atoms with Gasteiger partial charge in [0.25, 0.3) is 5.91 Å². The molecule has 4 nitrogen and oxygen atoms in total. The first-order valence-corrected chi connectivity index (χ1v) is 15.0. The molecule has 1 aliphatic rings. The lowest BCUT2D eigenvalue weighted by Crippen LogP contribution is -2.28. The van der Waals surface area contributed by atoms with E-state index >= 15 is 0 Å². The van der Waals surface area contributed by atoms with Gasteiger partial charge in [-0.2, -0.15) is 0 Å². The van der Waals surface area contributed by atoms with Crippen LogP contribution in [-0.2, 0) is 11.4 Å². The van der Waals surface area contributed by atoms with E-state index in [1.165, 1.54) is 11.8 Å². The van der Waals surface area contributed by atoms with Crippen LogP contribution in [-0.4, -0.2) is 11.1 Å². The first-order valence-electron chi connectivity index (χ1n) is 11.5. The summed E-state index contributed by atoms with van der Waals surface area (Å²) >= 11 is 26.9. The predicted molar refractivity (Wildman–Crippen MR) is 171 cm³/mol. The molecule has 1 saturated heterocycles. The van der Waals surface area contributed by atoms with E-state index in [-0.39, 0.29) is 5.91 Å². The summed E-state index contributed by atoms with van der Waals surface area (Å²) in [4.78, 5) is 20.4. The van der Waals surface area contributed by atoms with E-state index < -0.39 is 0 Å². The van der Waals surface area contributed by atoms with Gasteiger partial charge < -0.3 is 4.74 Å². The lowest BCUT2D eigenvalue weighted by Gasteiger charge is -2.15. The minimum absolute atomic E-state index is 0.193. The van der Waals surface area contributed by atoms with Crippen LogP contribution in [0.4, 0.5) is 11.4 Å². The zero-order chi connectivity index (χ0) is 27.5. The third-order valence-corrected chi connectivity index (χ3v) is 8.61. The molecule has 0 N–H and O–H groups in total. The van der Waals surface area contributed by atoms with Crippen LogP contribution in [0.15, 0.2) is 104 Å². The highest BCUT2D eigenvalue weighted by atomic mass is 79.9. The van der Waals surface area contributed by atoms with Crippen molar-refractivity contribution in [2.45, 2.75) is 6.61 Å². The van der Waals surface area contributed by atoms with E-state index in [0.29, 0.717) is 48.9 Å². The highest BCUT2D eigenvalue weighted by Crippen LogP contribution is 2.40. The van der Waals surface area contributed by atoms with Crippen LogP contribution >= 0.6 is 78.4 Å². The van der Waals surface area contributed by atoms with E-state index in [0.717, 1.165) is 20.1 Å². The SMILES string of the molecule is O=C1/C(=C/c2cc(Br)c(OCc3ccccc3Cl)c(Br)c2)SC(=Nc2ccc(Cl)cc2)N1c1ccc(Cl)cc1. The summed E-state index contributed by atoms with van der Waals surface area (Å²) in [5, 5.41) is 2.36. The van der Waals surface area contributed by atoms with Crippen molar-refractivity contribution in [2.75, 3.05) is 4.90 Å². The Kier molecular flexibility index (Phi) is 9.06.